The van der Waals surface area contributed by atoms with Crippen LogP contribution < -0.4 is 5.73 Å². The minimum Gasteiger partial charge on any atom is -0.440 e. The summed E-state index contributed by atoms with van der Waals surface area (Å²) in [5.41, 5.74) is 8.46. The van der Waals surface area contributed by atoms with Crippen molar-refractivity contribution in [1.82, 2.24) is 4.98 Å². The van der Waals surface area contributed by atoms with E-state index in [1.807, 2.05) is 19.1 Å². The number of benzene rings is 1. The number of aryl methyl sites for hydroxylation is 1. The van der Waals surface area contributed by atoms with Gasteiger partial charge in [0.2, 0.25) is 0 Å². The predicted molar refractivity (Wildman–Crippen MR) is 75.0 cm³/mol. The van der Waals surface area contributed by atoms with Crippen molar-refractivity contribution in [1.29, 1.82) is 0 Å². The maximum Gasteiger partial charge on any atom is 0.199 e. The van der Waals surface area contributed by atoms with Gasteiger partial charge in [0.15, 0.2) is 11.5 Å². The summed E-state index contributed by atoms with van der Waals surface area (Å²) in [5.74, 6) is 1.47. The molecule has 0 fully saturated rings. The van der Waals surface area contributed by atoms with Crippen molar-refractivity contribution in [3.8, 4) is 0 Å². The van der Waals surface area contributed by atoms with Crippen LogP contribution in [-0.2, 0) is 0 Å². The Kier molecular flexibility index (Phi) is 3.93. The van der Waals surface area contributed by atoms with E-state index in [2.05, 4.69) is 18.8 Å². The SMILES string of the molecule is Cc1cc(Cl)cc2nc(C(CN)CC(C)C)oc12. The Bertz CT molecular complexity index is 548. The molecule has 0 bridgehead atoms. The van der Waals surface area contributed by atoms with E-state index in [1.165, 1.54) is 0 Å². The maximum absolute atomic E-state index is 6.02. The van der Waals surface area contributed by atoms with Crippen LogP contribution >= 0.6 is 11.6 Å². The lowest BCUT2D eigenvalue weighted by Gasteiger charge is -2.12. The average Bonchev–Trinajstić information content (AvgIpc) is 2.69. The van der Waals surface area contributed by atoms with Crippen LogP contribution in [0, 0.1) is 12.8 Å². The van der Waals surface area contributed by atoms with E-state index in [9.17, 15) is 0 Å². The van der Waals surface area contributed by atoms with Gasteiger partial charge in [-0.05, 0) is 37.0 Å². The third kappa shape index (κ3) is 2.68. The van der Waals surface area contributed by atoms with E-state index in [0.29, 0.717) is 17.5 Å². The Morgan fingerprint density at radius 2 is 2.11 bits per heavy atom. The molecule has 0 amide bonds. The highest BCUT2D eigenvalue weighted by molar-refractivity contribution is 6.31. The molecular weight excluding hydrogens is 248 g/mol. The summed E-state index contributed by atoms with van der Waals surface area (Å²) in [7, 11) is 0. The lowest BCUT2D eigenvalue weighted by Crippen LogP contribution is -2.14. The van der Waals surface area contributed by atoms with Gasteiger partial charge < -0.3 is 10.2 Å². The summed E-state index contributed by atoms with van der Waals surface area (Å²) in [5, 5.41) is 0.688. The third-order valence-electron chi connectivity index (χ3n) is 3.05. The lowest BCUT2D eigenvalue weighted by atomic mass is 9.97. The van der Waals surface area contributed by atoms with Gasteiger partial charge in [0.1, 0.15) is 5.52 Å². The van der Waals surface area contributed by atoms with E-state index < -0.39 is 0 Å². The highest BCUT2D eigenvalue weighted by atomic mass is 35.5. The number of oxazole rings is 1. The molecule has 1 atom stereocenters. The van der Waals surface area contributed by atoms with Gasteiger partial charge in [-0.3, -0.25) is 0 Å². The molecule has 1 unspecified atom stereocenters. The zero-order valence-corrected chi connectivity index (χ0v) is 11.8. The fourth-order valence-corrected chi connectivity index (χ4v) is 2.48. The van der Waals surface area contributed by atoms with Crippen molar-refractivity contribution in [2.75, 3.05) is 6.54 Å². The first kappa shape index (κ1) is 13.4. The number of fused-ring (bicyclic) bond motifs is 1. The molecule has 0 aliphatic carbocycles. The van der Waals surface area contributed by atoms with Crippen molar-refractivity contribution < 1.29 is 4.42 Å². The molecule has 2 aromatic rings. The maximum atomic E-state index is 6.02. The quantitative estimate of drug-likeness (QED) is 0.914. The fourth-order valence-electron chi connectivity index (χ4n) is 2.22. The minimum atomic E-state index is 0.176. The number of aromatic nitrogens is 1. The average molecular weight is 267 g/mol. The van der Waals surface area contributed by atoms with Crippen LogP contribution in [0.2, 0.25) is 5.02 Å². The molecule has 1 heterocycles. The van der Waals surface area contributed by atoms with Crippen LogP contribution in [0.4, 0.5) is 0 Å². The Morgan fingerprint density at radius 1 is 1.39 bits per heavy atom. The van der Waals surface area contributed by atoms with Gasteiger partial charge in [-0.15, -0.1) is 0 Å². The van der Waals surface area contributed by atoms with Gasteiger partial charge in [0.05, 0.1) is 0 Å². The van der Waals surface area contributed by atoms with E-state index in [1.54, 1.807) is 0 Å². The monoisotopic (exact) mass is 266 g/mol. The van der Waals surface area contributed by atoms with Crippen molar-refractivity contribution >= 4 is 22.7 Å². The summed E-state index contributed by atoms with van der Waals surface area (Å²) in [6.07, 6.45) is 0.982. The molecule has 3 nitrogen and oxygen atoms in total. The van der Waals surface area contributed by atoms with Gasteiger partial charge >= 0.3 is 0 Å². The number of nitrogens with zero attached hydrogens (tertiary/aromatic N) is 1. The summed E-state index contributed by atoms with van der Waals surface area (Å²) in [4.78, 5) is 4.53. The highest BCUT2D eigenvalue weighted by Gasteiger charge is 2.19. The summed E-state index contributed by atoms with van der Waals surface area (Å²) >= 11 is 6.02. The van der Waals surface area contributed by atoms with Gasteiger partial charge in [-0.25, -0.2) is 4.98 Å². The van der Waals surface area contributed by atoms with Gasteiger partial charge in [-0.1, -0.05) is 25.4 Å². The molecule has 0 saturated carbocycles. The Hall–Kier alpha value is -1.06. The zero-order valence-electron chi connectivity index (χ0n) is 11.0. The number of rotatable bonds is 4. The van der Waals surface area contributed by atoms with Crippen LogP contribution in [0.15, 0.2) is 16.5 Å². The normalized spacial score (nSPS) is 13.4. The highest BCUT2D eigenvalue weighted by Crippen LogP contribution is 2.29. The molecule has 1 aromatic carbocycles. The zero-order chi connectivity index (χ0) is 13.3. The van der Waals surface area contributed by atoms with Crippen LogP contribution in [0.1, 0.15) is 37.6 Å². The first-order valence-corrected chi connectivity index (χ1v) is 6.65. The molecule has 2 rings (SSSR count). The number of hydrogen-bond donors (Lipinski definition) is 1. The van der Waals surface area contributed by atoms with Crippen LogP contribution in [0.25, 0.3) is 11.1 Å². The molecule has 1 aromatic heterocycles. The number of halogens is 1. The predicted octanol–water partition coefficient (Wildman–Crippen LogP) is 3.88. The minimum absolute atomic E-state index is 0.176. The van der Waals surface area contributed by atoms with E-state index in [-0.39, 0.29) is 5.92 Å². The summed E-state index contributed by atoms with van der Waals surface area (Å²) in [6, 6.07) is 3.72. The van der Waals surface area contributed by atoms with Gasteiger partial charge in [-0.2, -0.15) is 0 Å². The molecule has 0 saturated heterocycles. The van der Waals surface area contributed by atoms with E-state index >= 15 is 0 Å². The second-order valence-electron chi connectivity index (χ2n) is 5.19. The Labute approximate surface area is 112 Å². The first-order valence-electron chi connectivity index (χ1n) is 6.28. The number of hydrogen-bond acceptors (Lipinski definition) is 3. The molecule has 4 heteroatoms. The first-order chi connectivity index (χ1) is 8.51. The van der Waals surface area contributed by atoms with Crippen molar-refractivity contribution in [3.63, 3.8) is 0 Å². The summed E-state index contributed by atoms with van der Waals surface area (Å²) < 4.78 is 5.86. The standard InChI is InChI=1S/C14H19ClN2O/c1-8(2)4-10(7-16)14-17-12-6-11(15)5-9(3)13(12)18-14/h5-6,8,10H,4,7,16H2,1-3H3. The van der Waals surface area contributed by atoms with E-state index in [4.69, 9.17) is 21.8 Å². The largest absolute Gasteiger partial charge is 0.440 e. The topological polar surface area (TPSA) is 52.0 Å². The molecule has 98 valence electrons. The fraction of sp³-hybridized carbons (Fsp3) is 0.500. The second-order valence-corrected chi connectivity index (χ2v) is 5.62. The van der Waals surface area contributed by atoms with Crippen molar-refractivity contribution in [2.45, 2.75) is 33.1 Å². The smallest absolute Gasteiger partial charge is 0.199 e. The lowest BCUT2D eigenvalue weighted by molar-refractivity contribution is 0.414. The Morgan fingerprint density at radius 3 is 2.72 bits per heavy atom. The van der Waals surface area contributed by atoms with Crippen LogP contribution in [0.5, 0.6) is 0 Å². The molecule has 0 aliphatic rings. The molecule has 0 spiro atoms. The van der Waals surface area contributed by atoms with E-state index in [0.717, 1.165) is 29.0 Å². The Balaban J connectivity index is 2.42. The molecule has 0 radical (unpaired) electrons. The molecular formula is C14H19ClN2O. The summed E-state index contributed by atoms with van der Waals surface area (Å²) in [6.45, 7) is 6.88. The van der Waals surface area contributed by atoms with Gasteiger partial charge in [0, 0.05) is 17.5 Å². The third-order valence-corrected chi connectivity index (χ3v) is 3.26. The molecule has 2 N–H and O–H groups in total. The van der Waals surface area contributed by atoms with Crippen LogP contribution in [-0.4, -0.2) is 11.5 Å². The van der Waals surface area contributed by atoms with Crippen LogP contribution in [0.3, 0.4) is 0 Å². The molecule has 0 aliphatic heterocycles. The van der Waals surface area contributed by atoms with Crippen molar-refractivity contribution in [3.05, 3.63) is 28.6 Å². The second kappa shape index (κ2) is 5.29. The molecule has 18 heavy (non-hydrogen) atoms. The van der Waals surface area contributed by atoms with Gasteiger partial charge in [0.25, 0.3) is 0 Å². The van der Waals surface area contributed by atoms with Crippen molar-refractivity contribution in [2.24, 2.45) is 11.7 Å². The number of nitrogens with two attached hydrogens (primary N) is 1.